The summed E-state index contributed by atoms with van der Waals surface area (Å²) in [5, 5.41) is 12.7. The van der Waals surface area contributed by atoms with Gasteiger partial charge in [0.05, 0.1) is 19.5 Å². The predicted molar refractivity (Wildman–Crippen MR) is 103 cm³/mol. The lowest BCUT2D eigenvalue weighted by Gasteiger charge is -2.35. The molecule has 9 heteroatoms. The highest BCUT2D eigenvalue weighted by atomic mass is 16.6. The third-order valence-electron chi connectivity index (χ3n) is 5.96. The number of benzene rings is 1. The molecule has 29 heavy (non-hydrogen) atoms. The van der Waals surface area contributed by atoms with E-state index in [1.165, 1.54) is 6.33 Å². The number of ether oxygens (including phenoxy) is 2. The first kappa shape index (κ1) is 18.2. The Labute approximate surface area is 166 Å². The van der Waals surface area contributed by atoms with Crippen LogP contribution in [0.15, 0.2) is 43.0 Å². The summed E-state index contributed by atoms with van der Waals surface area (Å²) in [5.74, 6) is 0.0847. The average molecular weight is 395 g/mol. The minimum absolute atomic E-state index is 0.0304. The fourth-order valence-corrected chi connectivity index (χ4v) is 4.22. The fraction of sp³-hybridized carbons (Fsp3) is 0.400. The number of fused-ring (bicyclic) bond motifs is 3. The van der Waals surface area contributed by atoms with Gasteiger partial charge in [0.25, 0.3) is 5.91 Å². The van der Waals surface area contributed by atoms with Crippen molar-refractivity contribution in [1.29, 1.82) is 0 Å². The largest absolute Gasteiger partial charge is 0.393 e. The molecule has 0 unspecified atom stereocenters. The molecule has 9 nitrogen and oxygen atoms in total. The molecule has 3 aromatic rings. The van der Waals surface area contributed by atoms with Crippen LogP contribution in [0.1, 0.15) is 29.9 Å². The van der Waals surface area contributed by atoms with Gasteiger partial charge in [-0.25, -0.2) is 15.0 Å². The summed E-state index contributed by atoms with van der Waals surface area (Å²) in [4.78, 5) is 25.5. The van der Waals surface area contributed by atoms with Crippen LogP contribution in [0.25, 0.3) is 11.2 Å². The van der Waals surface area contributed by atoms with E-state index in [0.29, 0.717) is 35.6 Å². The number of rotatable bonds is 4. The molecule has 1 amide bonds. The van der Waals surface area contributed by atoms with E-state index in [0.717, 1.165) is 0 Å². The number of amides is 1. The molecule has 2 fully saturated rings. The van der Waals surface area contributed by atoms with Crippen molar-refractivity contribution in [2.24, 2.45) is 5.92 Å². The van der Waals surface area contributed by atoms with Gasteiger partial charge in [-0.15, -0.1) is 0 Å². The van der Waals surface area contributed by atoms with Crippen molar-refractivity contribution in [3.05, 3.63) is 48.5 Å². The number of carbonyl (C=O) groups excluding carboxylic acids is 1. The molecular formula is C20H21N5O4. The molecule has 1 aromatic carbocycles. The topological polar surface area (TPSA) is 111 Å². The number of aliphatic hydroxyl groups is 1. The summed E-state index contributed by atoms with van der Waals surface area (Å²) in [7, 11) is 0. The molecule has 2 bridgehead atoms. The van der Waals surface area contributed by atoms with E-state index in [1.807, 2.05) is 13.0 Å². The van der Waals surface area contributed by atoms with Gasteiger partial charge < -0.3 is 19.9 Å². The first-order chi connectivity index (χ1) is 14.1. The van der Waals surface area contributed by atoms with Crippen LogP contribution in [-0.4, -0.2) is 55.5 Å². The van der Waals surface area contributed by atoms with Crippen molar-refractivity contribution >= 4 is 22.9 Å². The molecule has 2 saturated heterocycles. The van der Waals surface area contributed by atoms with Gasteiger partial charge >= 0.3 is 0 Å². The zero-order chi connectivity index (χ0) is 20.0. The van der Waals surface area contributed by atoms with Crippen LogP contribution < -0.4 is 5.32 Å². The van der Waals surface area contributed by atoms with Crippen molar-refractivity contribution in [3.8, 4) is 0 Å². The lowest BCUT2D eigenvalue weighted by atomic mass is 9.83. The van der Waals surface area contributed by atoms with Gasteiger partial charge in [0.1, 0.15) is 18.0 Å². The maximum Gasteiger partial charge on any atom is 0.256 e. The minimum atomic E-state index is -0.623. The highest BCUT2D eigenvalue weighted by molar-refractivity contribution is 6.06. The molecule has 2 N–H and O–H groups in total. The monoisotopic (exact) mass is 395 g/mol. The molecule has 0 spiro atoms. The second-order valence-electron chi connectivity index (χ2n) is 7.47. The number of carbonyl (C=O) groups is 1. The highest BCUT2D eigenvalue weighted by Crippen LogP contribution is 2.48. The van der Waals surface area contributed by atoms with Gasteiger partial charge in [-0.2, -0.15) is 0 Å². The molecular weight excluding hydrogens is 374 g/mol. The first-order valence-electron chi connectivity index (χ1n) is 9.57. The van der Waals surface area contributed by atoms with E-state index in [4.69, 9.17) is 9.47 Å². The van der Waals surface area contributed by atoms with E-state index >= 15 is 0 Å². The molecule has 4 heterocycles. The van der Waals surface area contributed by atoms with Crippen LogP contribution in [0.4, 0.5) is 5.82 Å². The predicted octanol–water partition coefficient (Wildman–Crippen LogP) is 1.76. The second-order valence-corrected chi connectivity index (χ2v) is 7.47. The van der Waals surface area contributed by atoms with Crippen LogP contribution in [0, 0.1) is 5.92 Å². The molecule has 2 aliphatic rings. The number of hydrogen-bond acceptors (Lipinski definition) is 7. The standard InChI is InChI=1S/C20H21N5O4/c1-12-15-19(29-20(12,9-26)7-8-28-15)25-11-23-14-16(21-10-22-17(14)25)24-18(27)13-5-3-2-4-6-13/h2-6,10-12,15,19,26H,7-9H2,1H3,(H,21,22,24,27)/t12-,15+,19+,20+/m0/s1. The van der Waals surface area contributed by atoms with Gasteiger partial charge in [-0.3, -0.25) is 9.36 Å². The van der Waals surface area contributed by atoms with E-state index < -0.39 is 11.8 Å². The summed E-state index contributed by atoms with van der Waals surface area (Å²) >= 11 is 0. The second kappa shape index (κ2) is 6.87. The molecule has 0 aliphatic carbocycles. The summed E-state index contributed by atoms with van der Waals surface area (Å²) < 4.78 is 14.0. The third-order valence-corrected chi connectivity index (χ3v) is 5.96. The Bertz CT molecular complexity index is 1060. The number of imidazole rings is 1. The van der Waals surface area contributed by atoms with Crippen LogP contribution >= 0.6 is 0 Å². The van der Waals surface area contributed by atoms with Gasteiger partial charge in [-0.1, -0.05) is 25.1 Å². The Hall–Kier alpha value is -2.88. The van der Waals surface area contributed by atoms with Crippen molar-refractivity contribution in [2.75, 3.05) is 18.5 Å². The SMILES string of the molecule is C[C@H]1[C@H]2OCC[C@]1(CO)O[C@H]2n1cnc2c(NC(=O)c3ccccc3)ncnc21. The van der Waals surface area contributed by atoms with Gasteiger partial charge in [0.2, 0.25) is 0 Å². The molecule has 5 rings (SSSR count). The lowest BCUT2D eigenvalue weighted by molar-refractivity contribution is -0.112. The molecule has 0 radical (unpaired) electrons. The van der Waals surface area contributed by atoms with Gasteiger partial charge in [-0.05, 0) is 12.1 Å². The third kappa shape index (κ3) is 2.81. The van der Waals surface area contributed by atoms with Crippen LogP contribution in [0.5, 0.6) is 0 Å². The van der Waals surface area contributed by atoms with Gasteiger partial charge in [0, 0.05) is 17.9 Å². The fourth-order valence-electron chi connectivity index (χ4n) is 4.22. The normalized spacial score (nSPS) is 28.6. The highest BCUT2D eigenvalue weighted by Gasteiger charge is 2.56. The van der Waals surface area contributed by atoms with Crippen LogP contribution in [0.2, 0.25) is 0 Å². The smallest absolute Gasteiger partial charge is 0.256 e. The molecule has 2 aliphatic heterocycles. The number of hydrogen-bond donors (Lipinski definition) is 2. The van der Waals surface area contributed by atoms with E-state index in [9.17, 15) is 9.90 Å². The van der Waals surface area contributed by atoms with Crippen molar-refractivity contribution in [3.63, 3.8) is 0 Å². The zero-order valence-electron chi connectivity index (χ0n) is 15.9. The quantitative estimate of drug-likeness (QED) is 0.692. The Kier molecular flexibility index (Phi) is 4.30. The van der Waals surface area contributed by atoms with E-state index in [1.54, 1.807) is 35.2 Å². The van der Waals surface area contributed by atoms with Crippen molar-refractivity contribution in [2.45, 2.75) is 31.3 Å². The summed E-state index contributed by atoms with van der Waals surface area (Å²) in [6.45, 7) is 2.50. The summed E-state index contributed by atoms with van der Waals surface area (Å²) in [5.41, 5.74) is 0.901. The molecule has 4 atom stereocenters. The first-order valence-corrected chi connectivity index (χ1v) is 9.57. The number of aromatic nitrogens is 4. The number of aliphatic hydroxyl groups excluding tert-OH is 1. The maximum atomic E-state index is 12.5. The Balaban J connectivity index is 1.49. The van der Waals surface area contributed by atoms with E-state index in [2.05, 4.69) is 20.3 Å². The maximum absolute atomic E-state index is 12.5. The zero-order valence-corrected chi connectivity index (χ0v) is 15.9. The Morgan fingerprint density at radius 1 is 1.31 bits per heavy atom. The van der Waals surface area contributed by atoms with Crippen LogP contribution in [-0.2, 0) is 9.47 Å². The van der Waals surface area contributed by atoms with Crippen LogP contribution in [0.3, 0.4) is 0 Å². The molecule has 2 aromatic heterocycles. The minimum Gasteiger partial charge on any atom is -0.393 e. The van der Waals surface area contributed by atoms with Crippen molar-refractivity contribution < 1.29 is 19.4 Å². The number of nitrogens with zero attached hydrogens (tertiary/aromatic N) is 4. The molecule has 150 valence electrons. The van der Waals surface area contributed by atoms with Gasteiger partial charge in [0.15, 0.2) is 23.2 Å². The Morgan fingerprint density at radius 3 is 2.90 bits per heavy atom. The summed E-state index contributed by atoms with van der Waals surface area (Å²) in [6, 6.07) is 8.90. The number of anilines is 1. The van der Waals surface area contributed by atoms with E-state index in [-0.39, 0.29) is 24.5 Å². The van der Waals surface area contributed by atoms with Crippen molar-refractivity contribution in [1.82, 2.24) is 19.5 Å². The summed E-state index contributed by atoms with van der Waals surface area (Å²) in [6.07, 6.45) is 2.96. The number of nitrogens with one attached hydrogen (secondary N) is 1. The molecule has 0 saturated carbocycles. The Morgan fingerprint density at radius 2 is 2.14 bits per heavy atom. The lowest BCUT2D eigenvalue weighted by Crippen LogP contribution is -2.45. The average Bonchev–Trinajstić information content (AvgIpc) is 3.22.